The van der Waals surface area contributed by atoms with Gasteiger partial charge < -0.3 is 24.1 Å². The number of hydrogen-bond acceptors (Lipinski definition) is 8. The molecule has 0 aromatic heterocycles. The summed E-state index contributed by atoms with van der Waals surface area (Å²) in [6.07, 6.45) is 5.00. The molecule has 23 heavy (non-hydrogen) atoms. The fourth-order valence-electron chi connectivity index (χ4n) is 1.78. The molecule has 0 unspecified atom stereocenters. The van der Waals surface area contributed by atoms with Gasteiger partial charge in [0.15, 0.2) is 5.41 Å². The zero-order valence-corrected chi connectivity index (χ0v) is 13.4. The molecule has 8 nitrogen and oxygen atoms in total. The van der Waals surface area contributed by atoms with Crippen LogP contribution in [0.5, 0.6) is 0 Å². The molecule has 0 heterocycles. The number of aliphatic hydroxyl groups excluding tert-OH is 1. The molecule has 0 atom stereocenters. The van der Waals surface area contributed by atoms with Crippen LogP contribution in [0.25, 0.3) is 0 Å². The van der Waals surface area contributed by atoms with Crippen LogP contribution < -0.4 is 0 Å². The zero-order chi connectivity index (χ0) is 17.7. The predicted octanol–water partition coefficient (Wildman–Crippen LogP) is 0.987. The second kappa shape index (κ2) is 11.2. The van der Waals surface area contributed by atoms with E-state index in [1.807, 2.05) is 0 Å². The molecule has 8 heteroatoms. The van der Waals surface area contributed by atoms with Crippen LogP contribution in [0.4, 0.5) is 4.79 Å². The van der Waals surface area contributed by atoms with E-state index in [-0.39, 0.29) is 26.1 Å². The van der Waals surface area contributed by atoms with Crippen molar-refractivity contribution in [3.8, 4) is 0 Å². The van der Waals surface area contributed by atoms with Crippen LogP contribution in [0.15, 0.2) is 24.3 Å². The summed E-state index contributed by atoms with van der Waals surface area (Å²) in [4.78, 5) is 35.0. The van der Waals surface area contributed by atoms with E-state index >= 15 is 0 Å². The Morgan fingerprint density at radius 1 is 0.870 bits per heavy atom. The number of esters is 2. The Morgan fingerprint density at radius 2 is 1.39 bits per heavy atom. The highest BCUT2D eigenvalue weighted by atomic mass is 16.7. The van der Waals surface area contributed by atoms with Crippen molar-refractivity contribution in [2.24, 2.45) is 5.41 Å². The van der Waals surface area contributed by atoms with Crippen LogP contribution in [-0.4, -0.2) is 57.7 Å². The minimum Gasteiger partial charge on any atom is -0.468 e. The lowest BCUT2D eigenvalue weighted by Gasteiger charge is -2.25. The van der Waals surface area contributed by atoms with Gasteiger partial charge in [0.1, 0.15) is 6.61 Å². The molecule has 130 valence electrons. The fraction of sp³-hybridized carbons (Fsp3) is 0.533. The fourth-order valence-corrected chi connectivity index (χ4v) is 1.78. The van der Waals surface area contributed by atoms with Crippen molar-refractivity contribution in [3.63, 3.8) is 0 Å². The molecule has 0 saturated carbocycles. The topological polar surface area (TPSA) is 108 Å². The van der Waals surface area contributed by atoms with Crippen LogP contribution in [0, 0.1) is 5.41 Å². The number of rotatable bonds is 9. The highest BCUT2D eigenvalue weighted by Gasteiger charge is 2.46. The van der Waals surface area contributed by atoms with Crippen LogP contribution in [0.1, 0.15) is 12.8 Å². The van der Waals surface area contributed by atoms with Crippen LogP contribution in [0.2, 0.25) is 0 Å². The SMILES string of the molecule is COC(=O)OC/C=C\CC(C/C=C/CO)(C(=O)OC)C(=O)OC. The van der Waals surface area contributed by atoms with Crippen molar-refractivity contribution in [1.29, 1.82) is 0 Å². The van der Waals surface area contributed by atoms with E-state index in [2.05, 4.69) is 9.47 Å². The van der Waals surface area contributed by atoms with Crippen LogP contribution in [-0.2, 0) is 28.5 Å². The summed E-state index contributed by atoms with van der Waals surface area (Å²) in [5.74, 6) is -1.52. The molecule has 0 saturated heterocycles. The van der Waals surface area contributed by atoms with Gasteiger partial charge in [-0.2, -0.15) is 0 Å². The van der Waals surface area contributed by atoms with Gasteiger partial charge in [0.25, 0.3) is 0 Å². The predicted molar refractivity (Wildman–Crippen MR) is 79.4 cm³/mol. The van der Waals surface area contributed by atoms with Gasteiger partial charge in [0.05, 0.1) is 27.9 Å². The minimum atomic E-state index is -1.57. The summed E-state index contributed by atoms with van der Waals surface area (Å²) in [5, 5.41) is 8.78. The van der Waals surface area contributed by atoms with Gasteiger partial charge in [-0.25, -0.2) is 4.79 Å². The van der Waals surface area contributed by atoms with Crippen molar-refractivity contribution >= 4 is 18.1 Å². The molecule has 0 amide bonds. The van der Waals surface area contributed by atoms with E-state index in [9.17, 15) is 14.4 Å². The van der Waals surface area contributed by atoms with Crippen molar-refractivity contribution < 1.29 is 38.4 Å². The van der Waals surface area contributed by atoms with Gasteiger partial charge in [-0.05, 0) is 12.8 Å². The summed E-state index contributed by atoms with van der Waals surface area (Å²) >= 11 is 0. The molecule has 0 aromatic carbocycles. The largest absolute Gasteiger partial charge is 0.508 e. The summed E-state index contributed by atoms with van der Waals surface area (Å²) in [5.41, 5.74) is -1.57. The number of hydrogen-bond donors (Lipinski definition) is 1. The van der Waals surface area contributed by atoms with Gasteiger partial charge in [-0.15, -0.1) is 0 Å². The Hall–Kier alpha value is -2.35. The molecule has 0 aliphatic heterocycles. The van der Waals surface area contributed by atoms with Gasteiger partial charge in [-0.1, -0.05) is 24.3 Å². The van der Waals surface area contributed by atoms with Gasteiger partial charge in [-0.3, -0.25) is 9.59 Å². The maximum atomic E-state index is 12.1. The summed E-state index contributed by atoms with van der Waals surface area (Å²) in [6.45, 7) is -0.293. The molecule has 0 aliphatic rings. The average Bonchev–Trinajstić information content (AvgIpc) is 2.58. The summed E-state index contributed by atoms with van der Waals surface area (Å²) in [6, 6.07) is 0. The third-order valence-electron chi connectivity index (χ3n) is 2.99. The third kappa shape index (κ3) is 6.52. The quantitative estimate of drug-likeness (QED) is 0.288. The molecule has 0 aliphatic carbocycles. The maximum Gasteiger partial charge on any atom is 0.508 e. The highest BCUT2D eigenvalue weighted by Crippen LogP contribution is 2.31. The lowest BCUT2D eigenvalue weighted by Crippen LogP contribution is -2.40. The Labute approximate surface area is 134 Å². The smallest absolute Gasteiger partial charge is 0.468 e. The average molecular weight is 330 g/mol. The first-order chi connectivity index (χ1) is 11.0. The van der Waals surface area contributed by atoms with E-state index in [0.29, 0.717) is 0 Å². The Morgan fingerprint density at radius 3 is 1.83 bits per heavy atom. The Bertz CT molecular complexity index is 436. The third-order valence-corrected chi connectivity index (χ3v) is 2.99. The highest BCUT2D eigenvalue weighted by molar-refractivity contribution is 6.00. The zero-order valence-electron chi connectivity index (χ0n) is 13.4. The first kappa shape index (κ1) is 20.6. The molecule has 0 bridgehead atoms. The molecular weight excluding hydrogens is 308 g/mol. The molecular formula is C15H22O8. The summed E-state index contributed by atoms with van der Waals surface area (Å²) in [7, 11) is 3.51. The van der Waals surface area contributed by atoms with Crippen LogP contribution in [0.3, 0.4) is 0 Å². The number of allylic oxidation sites excluding steroid dienone is 2. The van der Waals surface area contributed by atoms with E-state index in [4.69, 9.17) is 14.6 Å². The number of ether oxygens (including phenoxy) is 4. The molecule has 0 rings (SSSR count). The minimum absolute atomic E-state index is 0.00486. The van der Waals surface area contributed by atoms with E-state index in [0.717, 1.165) is 0 Å². The monoisotopic (exact) mass is 330 g/mol. The molecule has 0 fully saturated rings. The normalized spacial score (nSPS) is 11.5. The van der Waals surface area contributed by atoms with Crippen molar-refractivity contribution in [1.82, 2.24) is 0 Å². The Balaban J connectivity index is 5.11. The van der Waals surface area contributed by atoms with Crippen LogP contribution >= 0.6 is 0 Å². The van der Waals surface area contributed by atoms with Crippen molar-refractivity contribution in [2.45, 2.75) is 12.8 Å². The number of methoxy groups -OCH3 is 3. The summed E-state index contributed by atoms with van der Waals surface area (Å²) < 4.78 is 18.4. The van der Waals surface area contributed by atoms with Gasteiger partial charge in [0.2, 0.25) is 0 Å². The van der Waals surface area contributed by atoms with Crippen molar-refractivity contribution in [3.05, 3.63) is 24.3 Å². The Kier molecular flexibility index (Phi) is 10.1. The first-order valence-electron chi connectivity index (χ1n) is 6.77. The van der Waals surface area contributed by atoms with Gasteiger partial charge in [0, 0.05) is 0 Å². The number of carbonyl (C=O) groups is 3. The number of aliphatic hydroxyl groups is 1. The first-order valence-corrected chi connectivity index (χ1v) is 6.77. The van der Waals surface area contributed by atoms with E-state index in [1.54, 1.807) is 0 Å². The lowest BCUT2D eigenvalue weighted by molar-refractivity contribution is -0.168. The molecule has 0 radical (unpaired) electrons. The second-order valence-electron chi connectivity index (χ2n) is 4.36. The van der Waals surface area contributed by atoms with E-state index < -0.39 is 23.5 Å². The van der Waals surface area contributed by atoms with E-state index in [1.165, 1.54) is 45.6 Å². The number of carbonyl (C=O) groups excluding carboxylic acids is 3. The van der Waals surface area contributed by atoms with Gasteiger partial charge >= 0.3 is 18.1 Å². The van der Waals surface area contributed by atoms with Crippen molar-refractivity contribution in [2.75, 3.05) is 34.5 Å². The lowest BCUT2D eigenvalue weighted by atomic mass is 9.80. The molecule has 1 N–H and O–H groups in total. The molecule has 0 spiro atoms. The maximum absolute atomic E-state index is 12.1. The molecule has 0 aromatic rings. The standard InChI is InChI=1S/C15H22O8/c1-20-12(17)15(13(18)21-2,8-4-6-10-16)9-5-7-11-23-14(19)22-3/h4-7,16H,8-11H2,1-3H3/b6-4+,7-5-. The second-order valence-corrected chi connectivity index (χ2v) is 4.36.